The van der Waals surface area contributed by atoms with Crippen molar-refractivity contribution in [3.63, 3.8) is 0 Å². The van der Waals surface area contributed by atoms with E-state index < -0.39 is 0 Å². The minimum Gasteiger partial charge on any atom is -0.300 e. The molecule has 0 bridgehead atoms. The molecule has 0 aromatic rings. The van der Waals surface area contributed by atoms with Crippen molar-refractivity contribution in [2.75, 3.05) is 13.1 Å². The molecule has 1 aliphatic heterocycles. The highest BCUT2D eigenvalue weighted by molar-refractivity contribution is 4.91. The molecular weight excluding hydrogens is 148 g/mol. The second kappa shape index (κ2) is 6.02. The van der Waals surface area contributed by atoms with Crippen LogP contribution in [0.4, 0.5) is 0 Å². The molecule has 0 amide bonds. The molecule has 12 heavy (non-hydrogen) atoms. The van der Waals surface area contributed by atoms with E-state index in [2.05, 4.69) is 24.8 Å². The average Bonchev–Trinajstić information content (AvgIpc) is 2.55. The fourth-order valence-corrected chi connectivity index (χ4v) is 1.36. The van der Waals surface area contributed by atoms with Crippen molar-refractivity contribution in [1.29, 1.82) is 5.26 Å². The van der Waals surface area contributed by atoms with Crippen molar-refractivity contribution < 1.29 is 0 Å². The van der Waals surface area contributed by atoms with Crippen LogP contribution in [0.3, 0.4) is 0 Å². The van der Waals surface area contributed by atoms with E-state index >= 15 is 0 Å². The van der Waals surface area contributed by atoms with Crippen molar-refractivity contribution in [1.82, 2.24) is 4.90 Å². The third kappa shape index (κ3) is 3.23. The summed E-state index contributed by atoms with van der Waals surface area (Å²) >= 11 is 0. The minimum atomic E-state index is 0.294. The molecule has 0 aliphatic carbocycles. The first-order valence-electron chi connectivity index (χ1n) is 4.87. The Morgan fingerprint density at radius 3 is 2.25 bits per heavy atom. The standard InChI is InChI=1S/C8H14N2.C2H6/c1-7(2)10-4-3-8(5-9)6-10;1-2/h7-8H,3-4,6H2,1-2H3;1-2H3/t8-;/m1./s1. The van der Waals surface area contributed by atoms with E-state index in [4.69, 9.17) is 5.26 Å². The average molecular weight is 168 g/mol. The van der Waals surface area contributed by atoms with E-state index in [1.807, 2.05) is 13.8 Å². The summed E-state index contributed by atoms with van der Waals surface area (Å²) in [5.41, 5.74) is 0. The number of hydrogen-bond donors (Lipinski definition) is 0. The summed E-state index contributed by atoms with van der Waals surface area (Å²) < 4.78 is 0. The van der Waals surface area contributed by atoms with Gasteiger partial charge < -0.3 is 0 Å². The van der Waals surface area contributed by atoms with Crippen molar-refractivity contribution in [2.24, 2.45) is 5.92 Å². The van der Waals surface area contributed by atoms with Crippen molar-refractivity contribution in [3.05, 3.63) is 0 Å². The van der Waals surface area contributed by atoms with Gasteiger partial charge in [0.05, 0.1) is 12.0 Å². The van der Waals surface area contributed by atoms with Crippen LogP contribution in [0.1, 0.15) is 34.1 Å². The van der Waals surface area contributed by atoms with Gasteiger partial charge in [-0.2, -0.15) is 5.26 Å². The first kappa shape index (κ1) is 11.4. The van der Waals surface area contributed by atoms with Crippen molar-refractivity contribution in [3.8, 4) is 6.07 Å². The van der Waals surface area contributed by atoms with Crippen molar-refractivity contribution in [2.45, 2.75) is 40.2 Å². The van der Waals surface area contributed by atoms with Gasteiger partial charge in [-0.25, -0.2) is 0 Å². The van der Waals surface area contributed by atoms with Gasteiger partial charge in [0.1, 0.15) is 0 Å². The van der Waals surface area contributed by atoms with Gasteiger partial charge in [0, 0.05) is 12.6 Å². The first-order chi connectivity index (χ1) is 5.74. The molecule has 0 saturated carbocycles. The molecule has 1 aliphatic rings. The molecule has 0 spiro atoms. The Hall–Kier alpha value is -0.550. The van der Waals surface area contributed by atoms with E-state index in [1.54, 1.807) is 0 Å². The number of nitriles is 1. The summed E-state index contributed by atoms with van der Waals surface area (Å²) in [5.74, 6) is 0.294. The van der Waals surface area contributed by atoms with Gasteiger partial charge in [-0.1, -0.05) is 13.8 Å². The highest BCUT2D eigenvalue weighted by Crippen LogP contribution is 2.16. The molecule has 1 fully saturated rings. The highest BCUT2D eigenvalue weighted by atomic mass is 15.2. The predicted octanol–water partition coefficient (Wildman–Crippen LogP) is 2.27. The Bertz CT molecular complexity index is 146. The Morgan fingerprint density at radius 1 is 1.42 bits per heavy atom. The normalized spacial score (nSPS) is 23.2. The quantitative estimate of drug-likeness (QED) is 0.600. The molecule has 0 radical (unpaired) electrons. The minimum absolute atomic E-state index is 0.294. The Kier molecular flexibility index (Phi) is 5.74. The highest BCUT2D eigenvalue weighted by Gasteiger charge is 2.23. The zero-order chi connectivity index (χ0) is 9.56. The summed E-state index contributed by atoms with van der Waals surface area (Å²) in [6, 6.07) is 2.92. The maximum Gasteiger partial charge on any atom is 0.0669 e. The van der Waals surface area contributed by atoms with E-state index in [0.29, 0.717) is 12.0 Å². The summed E-state index contributed by atoms with van der Waals surface area (Å²) in [5, 5.41) is 8.59. The lowest BCUT2D eigenvalue weighted by Crippen LogP contribution is -2.27. The third-order valence-corrected chi connectivity index (χ3v) is 2.13. The lowest BCUT2D eigenvalue weighted by atomic mass is 10.1. The van der Waals surface area contributed by atoms with Crippen molar-refractivity contribution >= 4 is 0 Å². The van der Waals surface area contributed by atoms with Gasteiger partial charge in [0.15, 0.2) is 0 Å². The number of likely N-dealkylation sites (tertiary alicyclic amines) is 1. The van der Waals surface area contributed by atoms with E-state index in [9.17, 15) is 0 Å². The van der Waals surface area contributed by atoms with Crippen LogP contribution < -0.4 is 0 Å². The topological polar surface area (TPSA) is 27.0 Å². The van der Waals surface area contributed by atoms with Crippen LogP contribution in [0.2, 0.25) is 0 Å². The molecule has 1 atom stereocenters. The molecule has 1 heterocycles. The smallest absolute Gasteiger partial charge is 0.0669 e. The second-order valence-corrected chi connectivity index (χ2v) is 3.20. The molecule has 1 rings (SSSR count). The third-order valence-electron chi connectivity index (χ3n) is 2.13. The van der Waals surface area contributed by atoms with Gasteiger partial charge in [-0.05, 0) is 26.8 Å². The summed E-state index contributed by atoms with van der Waals surface area (Å²) in [7, 11) is 0. The molecule has 70 valence electrons. The number of rotatable bonds is 1. The Balaban J connectivity index is 0.000000561. The number of hydrogen-bond acceptors (Lipinski definition) is 2. The van der Waals surface area contributed by atoms with Gasteiger partial charge in [0.25, 0.3) is 0 Å². The van der Waals surface area contributed by atoms with E-state index in [0.717, 1.165) is 19.5 Å². The van der Waals surface area contributed by atoms with Gasteiger partial charge in [-0.15, -0.1) is 0 Å². The summed E-state index contributed by atoms with van der Waals surface area (Å²) in [6.45, 7) is 10.4. The van der Waals surface area contributed by atoms with Crippen LogP contribution in [-0.2, 0) is 0 Å². The molecular formula is C10H20N2. The van der Waals surface area contributed by atoms with Gasteiger partial charge >= 0.3 is 0 Å². The molecule has 0 aromatic heterocycles. The second-order valence-electron chi connectivity index (χ2n) is 3.20. The zero-order valence-corrected chi connectivity index (χ0v) is 8.67. The molecule has 0 unspecified atom stereocenters. The lowest BCUT2D eigenvalue weighted by molar-refractivity contribution is 0.271. The SMILES string of the molecule is CC.CC(C)N1CC[C@H](C#N)C1. The summed E-state index contributed by atoms with van der Waals surface area (Å²) in [6.07, 6.45) is 1.06. The molecule has 2 heteroatoms. The Morgan fingerprint density at radius 2 is 2.00 bits per heavy atom. The van der Waals surface area contributed by atoms with Crippen LogP contribution in [0, 0.1) is 17.2 Å². The van der Waals surface area contributed by atoms with E-state index in [-0.39, 0.29) is 0 Å². The van der Waals surface area contributed by atoms with Crippen LogP contribution in [-0.4, -0.2) is 24.0 Å². The zero-order valence-electron chi connectivity index (χ0n) is 8.67. The predicted molar refractivity (Wildman–Crippen MR) is 51.8 cm³/mol. The van der Waals surface area contributed by atoms with Crippen LogP contribution in [0.15, 0.2) is 0 Å². The Labute approximate surface area is 76.2 Å². The maximum absolute atomic E-state index is 8.59. The maximum atomic E-state index is 8.59. The van der Waals surface area contributed by atoms with Crippen LogP contribution >= 0.6 is 0 Å². The molecule has 0 aromatic carbocycles. The summed E-state index contributed by atoms with van der Waals surface area (Å²) in [4.78, 5) is 2.36. The first-order valence-corrected chi connectivity index (χ1v) is 4.87. The lowest BCUT2D eigenvalue weighted by Gasteiger charge is -2.18. The molecule has 1 saturated heterocycles. The molecule has 2 nitrogen and oxygen atoms in total. The fourth-order valence-electron chi connectivity index (χ4n) is 1.36. The fraction of sp³-hybridized carbons (Fsp3) is 0.900. The van der Waals surface area contributed by atoms with Gasteiger partial charge in [0.2, 0.25) is 0 Å². The van der Waals surface area contributed by atoms with E-state index in [1.165, 1.54) is 0 Å². The van der Waals surface area contributed by atoms with Crippen LogP contribution in [0.5, 0.6) is 0 Å². The number of nitrogens with zero attached hydrogens (tertiary/aromatic N) is 2. The monoisotopic (exact) mass is 168 g/mol. The molecule has 0 N–H and O–H groups in total. The van der Waals surface area contributed by atoms with Crippen LogP contribution in [0.25, 0.3) is 0 Å². The van der Waals surface area contributed by atoms with Gasteiger partial charge in [-0.3, -0.25) is 4.90 Å². The largest absolute Gasteiger partial charge is 0.300 e.